The zero-order valence-electron chi connectivity index (χ0n) is 19.2. The second kappa shape index (κ2) is 9.74. The lowest BCUT2D eigenvalue weighted by molar-refractivity contribution is 0.113. The van der Waals surface area contributed by atoms with E-state index in [1.807, 2.05) is 66.7 Å². The second-order valence-electron chi connectivity index (χ2n) is 8.54. The van der Waals surface area contributed by atoms with Gasteiger partial charge in [0, 0.05) is 17.2 Å². The fourth-order valence-electron chi connectivity index (χ4n) is 4.33. The van der Waals surface area contributed by atoms with E-state index >= 15 is 0 Å². The van der Waals surface area contributed by atoms with Crippen molar-refractivity contribution in [3.63, 3.8) is 0 Å². The average Bonchev–Trinajstić information content (AvgIpc) is 3.22. The topological polar surface area (TPSA) is 78.8 Å². The van der Waals surface area contributed by atoms with Crippen molar-refractivity contribution in [2.45, 2.75) is 16.9 Å². The molecule has 0 amide bonds. The normalized spacial score (nSPS) is 18.7. The number of benzene rings is 4. The van der Waals surface area contributed by atoms with Crippen LogP contribution in [0.2, 0.25) is 5.02 Å². The Morgan fingerprint density at radius 1 is 0.833 bits per heavy atom. The van der Waals surface area contributed by atoms with Gasteiger partial charge in [-0.2, -0.15) is 0 Å². The smallest absolute Gasteiger partial charge is 0.261 e. The van der Waals surface area contributed by atoms with Gasteiger partial charge in [0.2, 0.25) is 0 Å². The molecule has 0 heterocycles. The van der Waals surface area contributed by atoms with Gasteiger partial charge in [-0.1, -0.05) is 84.4 Å². The van der Waals surface area contributed by atoms with Crippen LogP contribution in [0.1, 0.15) is 17.5 Å². The van der Waals surface area contributed by atoms with Gasteiger partial charge in [-0.05, 0) is 59.2 Å². The van der Waals surface area contributed by atoms with E-state index < -0.39 is 15.6 Å². The first-order chi connectivity index (χ1) is 17.3. The molecule has 0 spiro atoms. The molecule has 0 aliphatic heterocycles. The average molecular weight is 515 g/mol. The molecule has 36 heavy (non-hydrogen) atoms. The third-order valence-electron chi connectivity index (χ3n) is 6.01. The Bertz CT molecular complexity index is 1570. The predicted molar refractivity (Wildman–Crippen MR) is 145 cm³/mol. The van der Waals surface area contributed by atoms with Crippen LogP contribution in [0.4, 0.5) is 11.4 Å². The zero-order chi connectivity index (χ0) is 25.2. The van der Waals surface area contributed by atoms with Gasteiger partial charge in [0.05, 0.1) is 16.3 Å². The van der Waals surface area contributed by atoms with Crippen LogP contribution in [0.25, 0.3) is 5.57 Å². The first-order valence-electron chi connectivity index (χ1n) is 11.3. The van der Waals surface area contributed by atoms with Crippen LogP contribution in [0.5, 0.6) is 0 Å². The highest BCUT2D eigenvalue weighted by Gasteiger charge is 2.40. The number of allylic oxidation sites excluding steroid dienone is 1. The fraction of sp³-hybridized carbons (Fsp3) is 0.0690. The molecule has 0 fully saturated rings. The molecule has 5 rings (SSSR count). The zero-order valence-corrected chi connectivity index (χ0v) is 20.7. The summed E-state index contributed by atoms with van der Waals surface area (Å²) < 4.78 is 28.5. The summed E-state index contributed by atoms with van der Waals surface area (Å²) in [5.41, 5.74) is 2.66. The van der Waals surface area contributed by atoms with Gasteiger partial charge in [-0.15, -0.1) is 0 Å². The lowest BCUT2D eigenvalue weighted by Gasteiger charge is -2.27. The number of anilines is 1. The van der Waals surface area contributed by atoms with Crippen LogP contribution >= 0.6 is 11.6 Å². The molecule has 4 aromatic rings. The van der Waals surface area contributed by atoms with Gasteiger partial charge in [0.25, 0.3) is 10.0 Å². The largest absolute Gasteiger partial charge is 0.380 e. The Kier molecular flexibility index (Phi) is 6.49. The van der Waals surface area contributed by atoms with Gasteiger partial charge < -0.3 is 5.11 Å². The molecule has 1 aliphatic rings. The quantitative estimate of drug-likeness (QED) is 0.304. The molecular formula is C29H23ClN2O3S. The Morgan fingerprint density at radius 2 is 1.53 bits per heavy atom. The molecule has 4 aromatic carbocycles. The van der Waals surface area contributed by atoms with Crippen molar-refractivity contribution in [3.05, 3.63) is 131 Å². The van der Waals surface area contributed by atoms with Crippen molar-refractivity contribution in [2.75, 3.05) is 4.72 Å². The summed E-state index contributed by atoms with van der Waals surface area (Å²) in [5.74, 6) is 0. The van der Waals surface area contributed by atoms with Gasteiger partial charge in [-0.3, -0.25) is 9.71 Å². The molecular weight excluding hydrogens is 492 g/mol. The van der Waals surface area contributed by atoms with Crippen molar-refractivity contribution < 1.29 is 13.5 Å². The number of hydrogen-bond acceptors (Lipinski definition) is 4. The molecule has 0 radical (unpaired) electrons. The minimum absolute atomic E-state index is 0.0768. The van der Waals surface area contributed by atoms with E-state index in [2.05, 4.69) is 4.72 Å². The highest BCUT2D eigenvalue weighted by molar-refractivity contribution is 7.92. The van der Waals surface area contributed by atoms with E-state index in [-0.39, 0.29) is 11.3 Å². The highest BCUT2D eigenvalue weighted by Crippen LogP contribution is 2.44. The molecule has 0 bridgehead atoms. The first kappa shape index (κ1) is 24.0. The maximum atomic E-state index is 13.0. The summed E-state index contributed by atoms with van der Waals surface area (Å²) in [4.78, 5) is 4.79. The number of halogens is 1. The number of nitrogens with zero attached hydrogens (tertiary/aromatic N) is 1. The summed E-state index contributed by atoms with van der Waals surface area (Å²) in [5, 5.41) is 12.3. The minimum Gasteiger partial charge on any atom is -0.380 e. The maximum absolute atomic E-state index is 13.0. The number of hydrogen-bond donors (Lipinski definition) is 2. The van der Waals surface area contributed by atoms with Crippen LogP contribution in [0, 0.1) is 0 Å². The summed E-state index contributed by atoms with van der Waals surface area (Å²) in [6, 6.07) is 32.1. The number of aliphatic imine (C=N–C) groups is 1. The lowest BCUT2D eigenvalue weighted by atomic mass is 9.84. The van der Waals surface area contributed by atoms with Gasteiger partial charge in [0.15, 0.2) is 0 Å². The van der Waals surface area contributed by atoms with Crippen molar-refractivity contribution in [1.82, 2.24) is 0 Å². The summed E-state index contributed by atoms with van der Waals surface area (Å²) in [6.07, 6.45) is 2.15. The molecule has 0 unspecified atom stereocenters. The SMILES string of the molecule is O=S(=O)(Nc1cccc(Cl)c1)c1cccc(N=C2C=C(c3ccccc3)[C@](O)(c3ccccc3)C2)c1. The molecule has 180 valence electrons. The number of rotatable bonds is 6. The summed E-state index contributed by atoms with van der Waals surface area (Å²) in [6.45, 7) is 0. The molecule has 2 N–H and O–H groups in total. The Labute approximate surface area is 215 Å². The molecule has 0 saturated heterocycles. The predicted octanol–water partition coefficient (Wildman–Crippen LogP) is 6.59. The highest BCUT2D eigenvalue weighted by atomic mass is 35.5. The van der Waals surface area contributed by atoms with Gasteiger partial charge >= 0.3 is 0 Å². The lowest BCUT2D eigenvalue weighted by Crippen LogP contribution is -2.25. The van der Waals surface area contributed by atoms with Crippen LogP contribution in [0.3, 0.4) is 0 Å². The van der Waals surface area contributed by atoms with Crippen LogP contribution in [0.15, 0.2) is 125 Å². The summed E-state index contributed by atoms with van der Waals surface area (Å²) >= 11 is 5.98. The van der Waals surface area contributed by atoms with E-state index in [1.165, 1.54) is 12.1 Å². The van der Waals surface area contributed by atoms with Crippen molar-refractivity contribution in [2.24, 2.45) is 4.99 Å². The molecule has 1 atom stereocenters. The van der Waals surface area contributed by atoms with Crippen LogP contribution < -0.4 is 4.72 Å². The molecule has 5 nitrogen and oxygen atoms in total. The number of sulfonamides is 1. The van der Waals surface area contributed by atoms with E-state index in [1.54, 1.807) is 36.4 Å². The van der Waals surface area contributed by atoms with Crippen molar-refractivity contribution >= 4 is 44.3 Å². The maximum Gasteiger partial charge on any atom is 0.261 e. The van der Waals surface area contributed by atoms with Gasteiger partial charge in [0.1, 0.15) is 5.60 Å². The van der Waals surface area contributed by atoms with Crippen LogP contribution in [-0.4, -0.2) is 19.2 Å². The Balaban J connectivity index is 1.50. The Hall–Kier alpha value is -3.71. The molecule has 1 aliphatic carbocycles. The fourth-order valence-corrected chi connectivity index (χ4v) is 5.61. The van der Waals surface area contributed by atoms with Crippen molar-refractivity contribution in [1.29, 1.82) is 0 Å². The van der Waals surface area contributed by atoms with Crippen molar-refractivity contribution in [3.8, 4) is 0 Å². The van der Waals surface area contributed by atoms with E-state index in [4.69, 9.17) is 16.6 Å². The Morgan fingerprint density at radius 3 is 2.25 bits per heavy atom. The third kappa shape index (κ3) is 4.97. The molecule has 0 aromatic heterocycles. The van der Waals surface area contributed by atoms with Crippen LogP contribution in [-0.2, 0) is 15.6 Å². The standard InChI is InChI=1S/C29H23ClN2O3S/c30-23-13-7-15-25(17-23)32-36(34,35)27-16-8-14-24(18-27)31-26-19-28(21-9-3-1-4-10-21)29(33,20-26)22-11-5-2-6-12-22/h1-19,32-33H,20H2/t29-/m1/s1. The van der Waals surface area contributed by atoms with Gasteiger partial charge in [-0.25, -0.2) is 8.42 Å². The van der Waals surface area contributed by atoms with E-state index in [0.29, 0.717) is 22.1 Å². The summed E-state index contributed by atoms with van der Waals surface area (Å²) in [7, 11) is -3.85. The van der Waals surface area contributed by atoms with E-state index in [9.17, 15) is 13.5 Å². The first-order valence-corrected chi connectivity index (χ1v) is 13.2. The second-order valence-corrected chi connectivity index (χ2v) is 10.7. The molecule has 7 heteroatoms. The minimum atomic E-state index is -3.85. The third-order valence-corrected chi connectivity index (χ3v) is 7.62. The monoisotopic (exact) mass is 514 g/mol. The molecule has 0 saturated carbocycles. The number of aliphatic hydroxyl groups is 1. The van der Waals surface area contributed by atoms with E-state index in [0.717, 1.165) is 16.7 Å². The number of nitrogens with one attached hydrogen (secondary N) is 1.